The Kier molecular flexibility index (Phi) is 4.41. The third-order valence-corrected chi connectivity index (χ3v) is 2.06. The maximum absolute atomic E-state index is 9.76. The van der Waals surface area contributed by atoms with Crippen molar-refractivity contribution >= 4 is 22.6 Å². The molecule has 1 rings (SSSR count). The molecule has 1 aromatic carbocycles. The number of para-hydroxylation sites is 1. The summed E-state index contributed by atoms with van der Waals surface area (Å²) in [7, 11) is 0. The predicted molar refractivity (Wildman–Crippen MR) is 65.7 cm³/mol. The van der Waals surface area contributed by atoms with Gasteiger partial charge in [-0.3, -0.25) is 0 Å². The Morgan fingerprint density at radius 2 is 2.07 bits per heavy atom. The van der Waals surface area contributed by atoms with Gasteiger partial charge in [-0.1, -0.05) is 40.8 Å². The first kappa shape index (κ1) is 11.5. The van der Waals surface area contributed by atoms with Crippen LogP contribution in [0, 0.1) is 0 Å². The van der Waals surface area contributed by atoms with Gasteiger partial charge in [-0.05, 0) is 29.2 Å². The molecule has 1 atom stereocenters. The summed E-state index contributed by atoms with van der Waals surface area (Å²) in [6.07, 6.45) is 1.70. The highest BCUT2D eigenvalue weighted by atomic mass is 127. The zero-order valence-electron chi connectivity index (χ0n) is 7.98. The molecule has 0 heterocycles. The minimum Gasteiger partial charge on any atom is -0.490 e. The van der Waals surface area contributed by atoms with Crippen molar-refractivity contribution in [1.29, 1.82) is 0 Å². The molecular weight excluding hydrogens is 291 g/mol. The van der Waals surface area contributed by atoms with Gasteiger partial charge in [0, 0.05) is 0 Å². The molecule has 1 aromatic rings. The van der Waals surface area contributed by atoms with Crippen LogP contribution in [0.1, 0.15) is 6.92 Å². The van der Waals surface area contributed by atoms with Gasteiger partial charge in [-0.15, -0.1) is 0 Å². The number of aliphatic hydroxyl groups is 1. The molecule has 0 bridgehead atoms. The van der Waals surface area contributed by atoms with Gasteiger partial charge in [0.15, 0.2) is 0 Å². The second-order valence-electron chi connectivity index (χ2n) is 3.25. The fourth-order valence-electron chi connectivity index (χ4n) is 0.930. The highest BCUT2D eigenvalue weighted by Crippen LogP contribution is 2.13. The molecule has 0 aliphatic carbocycles. The standard InChI is InChI=1S/C11H13IO2/c1-11(13,7-8-12)9-14-10-5-3-2-4-6-10/h2-8,13H,9H2,1H3/b8-7-. The first-order valence-electron chi connectivity index (χ1n) is 4.32. The quantitative estimate of drug-likeness (QED) is 0.867. The number of hydrogen-bond acceptors (Lipinski definition) is 2. The van der Waals surface area contributed by atoms with Crippen molar-refractivity contribution in [2.24, 2.45) is 0 Å². The van der Waals surface area contributed by atoms with E-state index in [1.54, 1.807) is 17.1 Å². The molecule has 1 unspecified atom stereocenters. The maximum atomic E-state index is 9.76. The van der Waals surface area contributed by atoms with Crippen LogP contribution in [0.25, 0.3) is 0 Å². The molecule has 0 radical (unpaired) electrons. The van der Waals surface area contributed by atoms with E-state index < -0.39 is 5.60 Å². The largest absolute Gasteiger partial charge is 0.490 e. The van der Waals surface area contributed by atoms with Gasteiger partial charge in [0.25, 0.3) is 0 Å². The van der Waals surface area contributed by atoms with Gasteiger partial charge in [0.2, 0.25) is 0 Å². The average Bonchev–Trinajstić information content (AvgIpc) is 2.17. The average molecular weight is 304 g/mol. The second-order valence-corrected chi connectivity index (χ2v) is 3.97. The minimum absolute atomic E-state index is 0.260. The zero-order valence-corrected chi connectivity index (χ0v) is 10.1. The zero-order chi connectivity index (χ0) is 10.4. The van der Waals surface area contributed by atoms with Crippen molar-refractivity contribution in [1.82, 2.24) is 0 Å². The van der Waals surface area contributed by atoms with Crippen LogP contribution in [-0.2, 0) is 0 Å². The Labute approximate surface area is 97.7 Å². The molecule has 0 amide bonds. The van der Waals surface area contributed by atoms with Crippen LogP contribution in [0.5, 0.6) is 5.75 Å². The molecule has 0 saturated heterocycles. The third kappa shape index (κ3) is 4.11. The lowest BCUT2D eigenvalue weighted by atomic mass is 10.1. The lowest BCUT2D eigenvalue weighted by Crippen LogP contribution is -2.29. The Morgan fingerprint density at radius 1 is 1.43 bits per heavy atom. The number of halogens is 1. The molecule has 14 heavy (non-hydrogen) atoms. The van der Waals surface area contributed by atoms with Crippen molar-refractivity contribution in [3.63, 3.8) is 0 Å². The third-order valence-electron chi connectivity index (χ3n) is 1.70. The van der Waals surface area contributed by atoms with Crippen molar-refractivity contribution < 1.29 is 9.84 Å². The van der Waals surface area contributed by atoms with E-state index in [9.17, 15) is 5.11 Å². The van der Waals surface area contributed by atoms with Crippen LogP contribution < -0.4 is 4.74 Å². The van der Waals surface area contributed by atoms with Crippen LogP contribution >= 0.6 is 22.6 Å². The Bertz CT molecular complexity index is 293. The minimum atomic E-state index is -0.906. The monoisotopic (exact) mass is 304 g/mol. The number of benzene rings is 1. The van der Waals surface area contributed by atoms with Gasteiger partial charge in [0.1, 0.15) is 18.0 Å². The number of rotatable bonds is 4. The van der Waals surface area contributed by atoms with Crippen molar-refractivity contribution in [3.05, 3.63) is 40.5 Å². The normalized spacial score (nSPS) is 15.4. The Morgan fingerprint density at radius 3 is 2.64 bits per heavy atom. The van der Waals surface area contributed by atoms with Gasteiger partial charge >= 0.3 is 0 Å². The highest BCUT2D eigenvalue weighted by Gasteiger charge is 2.16. The smallest absolute Gasteiger partial charge is 0.120 e. The van der Waals surface area contributed by atoms with E-state index in [0.717, 1.165) is 5.75 Å². The Balaban J connectivity index is 2.49. The highest BCUT2D eigenvalue weighted by molar-refractivity contribution is 14.1. The summed E-state index contributed by atoms with van der Waals surface area (Å²) in [5.41, 5.74) is -0.906. The molecule has 76 valence electrons. The molecule has 0 spiro atoms. The molecule has 2 nitrogen and oxygen atoms in total. The predicted octanol–water partition coefficient (Wildman–Crippen LogP) is 2.77. The first-order valence-corrected chi connectivity index (χ1v) is 5.57. The molecule has 1 N–H and O–H groups in total. The molecule has 3 heteroatoms. The van der Waals surface area contributed by atoms with E-state index in [1.165, 1.54) is 0 Å². The van der Waals surface area contributed by atoms with Gasteiger partial charge in [-0.2, -0.15) is 0 Å². The summed E-state index contributed by atoms with van der Waals surface area (Å²) in [6, 6.07) is 9.46. The summed E-state index contributed by atoms with van der Waals surface area (Å²) in [6.45, 7) is 1.97. The SMILES string of the molecule is CC(O)(/C=C\I)COc1ccccc1. The number of ether oxygens (including phenoxy) is 1. The van der Waals surface area contributed by atoms with E-state index in [1.807, 2.05) is 30.3 Å². The lowest BCUT2D eigenvalue weighted by Gasteiger charge is -2.19. The molecule has 0 aliphatic rings. The maximum Gasteiger partial charge on any atom is 0.120 e. The molecule has 0 saturated carbocycles. The van der Waals surface area contributed by atoms with Crippen molar-refractivity contribution in [3.8, 4) is 5.75 Å². The van der Waals surface area contributed by atoms with E-state index in [-0.39, 0.29) is 6.61 Å². The second kappa shape index (κ2) is 5.36. The van der Waals surface area contributed by atoms with Crippen LogP contribution in [-0.4, -0.2) is 17.3 Å². The fraction of sp³-hybridized carbons (Fsp3) is 0.273. The summed E-state index contributed by atoms with van der Waals surface area (Å²) in [5, 5.41) is 9.76. The van der Waals surface area contributed by atoms with Crippen LogP contribution in [0.3, 0.4) is 0 Å². The molecular formula is C11H13IO2. The molecule has 0 aliphatic heterocycles. The van der Waals surface area contributed by atoms with Gasteiger partial charge < -0.3 is 9.84 Å². The van der Waals surface area contributed by atoms with E-state index in [2.05, 4.69) is 22.6 Å². The molecule has 0 fully saturated rings. The topological polar surface area (TPSA) is 29.5 Å². The van der Waals surface area contributed by atoms with Crippen LogP contribution in [0.2, 0.25) is 0 Å². The summed E-state index contributed by atoms with van der Waals surface area (Å²) in [5.74, 6) is 0.773. The van der Waals surface area contributed by atoms with Crippen molar-refractivity contribution in [2.45, 2.75) is 12.5 Å². The van der Waals surface area contributed by atoms with Gasteiger partial charge in [-0.25, -0.2) is 0 Å². The summed E-state index contributed by atoms with van der Waals surface area (Å²) in [4.78, 5) is 0. The Hall–Kier alpha value is -0.550. The summed E-state index contributed by atoms with van der Waals surface area (Å²) < 4.78 is 7.20. The van der Waals surface area contributed by atoms with E-state index >= 15 is 0 Å². The van der Waals surface area contributed by atoms with Crippen LogP contribution in [0.15, 0.2) is 40.5 Å². The van der Waals surface area contributed by atoms with Crippen LogP contribution in [0.4, 0.5) is 0 Å². The van der Waals surface area contributed by atoms with Gasteiger partial charge in [0.05, 0.1) is 0 Å². The first-order chi connectivity index (χ1) is 6.64. The lowest BCUT2D eigenvalue weighted by molar-refractivity contribution is 0.0546. The summed E-state index contributed by atoms with van der Waals surface area (Å²) >= 11 is 2.07. The van der Waals surface area contributed by atoms with E-state index in [0.29, 0.717) is 0 Å². The fourth-order valence-corrected chi connectivity index (χ4v) is 1.70. The molecule has 0 aromatic heterocycles. The van der Waals surface area contributed by atoms with Crippen molar-refractivity contribution in [2.75, 3.05) is 6.61 Å². The van der Waals surface area contributed by atoms with E-state index in [4.69, 9.17) is 4.74 Å². The number of hydrogen-bond donors (Lipinski definition) is 1.